The molecule has 0 unspecified atom stereocenters. The van der Waals surface area contributed by atoms with Gasteiger partial charge in [0.2, 0.25) is 0 Å². The van der Waals surface area contributed by atoms with E-state index in [0.717, 1.165) is 32.2 Å². The largest absolute Gasteiger partial charge is 0.465 e. The number of aryl methyl sites for hydroxylation is 1. The first-order chi connectivity index (χ1) is 10.2. The van der Waals surface area contributed by atoms with Crippen molar-refractivity contribution in [1.82, 2.24) is 9.78 Å². The van der Waals surface area contributed by atoms with E-state index in [2.05, 4.69) is 17.3 Å². The lowest BCUT2D eigenvalue weighted by atomic mass is 9.95. The SMILES string of the molecule is CCCCn1nc(NC2CCCCC2)c(C(=O)OC)c1N. The van der Waals surface area contributed by atoms with Crippen molar-refractivity contribution in [3.05, 3.63) is 5.56 Å². The molecule has 0 aromatic carbocycles. The molecule has 3 N–H and O–H groups in total. The summed E-state index contributed by atoms with van der Waals surface area (Å²) in [6, 6.07) is 0.371. The Morgan fingerprint density at radius 3 is 2.76 bits per heavy atom. The Balaban J connectivity index is 2.21. The van der Waals surface area contributed by atoms with Gasteiger partial charge in [-0.15, -0.1) is 0 Å². The summed E-state index contributed by atoms with van der Waals surface area (Å²) in [6.45, 7) is 2.83. The highest BCUT2D eigenvalue weighted by Gasteiger charge is 2.25. The number of carbonyl (C=O) groups is 1. The Hall–Kier alpha value is -1.72. The molecule has 6 nitrogen and oxygen atoms in total. The molecule has 1 aromatic rings. The Morgan fingerprint density at radius 1 is 1.43 bits per heavy atom. The number of hydrogen-bond acceptors (Lipinski definition) is 5. The quantitative estimate of drug-likeness (QED) is 0.788. The third kappa shape index (κ3) is 3.68. The standard InChI is InChI=1S/C15H26N4O2/c1-3-4-10-19-13(16)12(15(20)21-2)14(18-19)17-11-8-6-5-7-9-11/h11H,3-10,16H2,1-2H3,(H,17,18). The zero-order valence-corrected chi connectivity index (χ0v) is 13.0. The number of anilines is 2. The average Bonchev–Trinajstić information content (AvgIpc) is 2.81. The van der Waals surface area contributed by atoms with Crippen molar-refractivity contribution in [1.29, 1.82) is 0 Å². The van der Waals surface area contributed by atoms with Crippen LogP contribution in [0.3, 0.4) is 0 Å². The number of hydrogen-bond donors (Lipinski definition) is 2. The molecule has 6 heteroatoms. The van der Waals surface area contributed by atoms with E-state index in [4.69, 9.17) is 10.5 Å². The second-order valence-corrected chi connectivity index (χ2v) is 5.66. The first kappa shape index (κ1) is 15.7. The first-order valence-electron chi connectivity index (χ1n) is 7.88. The minimum absolute atomic E-state index is 0.371. The molecule has 0 atom stereocenters. The van der Waals surface area contributed by atoms with Crippen molar-refractivity contribution in [2.75, 3.05) is 18.2 Å². The number of carbonyl (C=O) groups excluding carboxylic acids is 1. The third-order valence-electron chi connectivity index (χ3n) is 4.05. The van der Waals surface area contributed by atoms with Crippen molar-refractivity contribution in [2.24, 2.45) is 0 Å². The van der Waals surface area contributed by atoms with Gasteiger partial charge in [-0.25, -0.2) is 9.48 Å². The van der Waals surface area contributed by atoms with Crippen molar-refractivity contribution in [2.45, 2.75) is 64.5 Å². The molecular weight excluding hydrogens is 268 g/mol. The number of nitrogen functional groups attached to an aromatic ring is 1. The maximum atomic E-state index is 12.0. The number of nitrogens with one attached hydrogen (secondary N) is 1. The number of aromatic nitrogens is 2. The number of methoxy groups -OCH3 is 1. The summed E-state index contributed by atoms with van der Waals surface area (Å²) in [5, 5.41) is 7.88. The zero-order chi connectivity index (χ0) is 15.2. The Kier molecular flexibility index (Phi) is 5.47. The van der Waals surface area contributed by atoms with E-state index >= 15 is 0 Å². The highest BCUT2D eigenvalue weighted by Crippen LogP contribution is 2.27. The van der Waals surface area contributed by atoms with Gasteiger partial charge in [-0.3, -0.25) is 0 Å². The van der Waals surface area contributed by atoms with Crippen LogP contribution in [0, 0.1) is 0 Å². The van der Waals surface area contributed by atoms with Crippen molar-refractivity contribution < 1.29 is 9.53 Å². The first-order valence-corrected chi connectivity index (χ1v) is 7.88. The number of nitrogens with two attached hydrogens (primary N) is 1. The van der Waals surface area contributed by atoms with Crippen molar-refractivity contribution in [3.63, 3.8) is 0 Å². The third-order valence-corrected chi connectivity index (χ3v) is 4.05. The number of unbranched alkanes of at least 4 members (excludes halogenated alkanes) is 1. The summed E-state index contributed by atoms with van der Waals surface area (Å²) in [4.78, 5) is 12.0. The molecular formula is C15H26N4O2. The predicted octanol–water partition coefficient (Wildman–Crippen LogP) is 2.80. The van der Waals surface area contributed by atoms with Crippen LogP contribution in [0.25, 0.3) is 0 Å². The number of rotatable bonds is 6. The lowest BCUT2D eigenvalue weighted by Gasteiger charge is -2.22. The maximum absolute atomic E-state index is 12.0. The summed E-state index contributed by atoms with van der Waals surface area (Å²) in [7, 11) is 1.37. The molecule has 2 rings (SSSR count). The molecule has 0 saturated heterocycles. The maximum Gasteiger partial charge on any atom is 0.345 e. The summed E-state index contributed by atoms with van der Waals surface area (Å²) in [5.74, 6) is 0.546. The molecule has 1 aliphatic rings. The van der Waals surface area contributed by atoms with Crippen LogP contribution in [-0.2, 0) is 11.3 Å². The van der Waals surface area contributed by atoms with Crippen LogP contribution >= 0.6 is 0 Å². The number of nitrogens with zero attached hydrogens (tertiary/aromatic N) is 2. The zero-order valence-electron chi connectivity index (χ0n) is 13.0. The number of ether oxygens (including phenoxy) is 1. The molecule has 0 amide bonds. The number of esters is 1. The van der Waals surface area contributed by atoms with Crippen LogP contribution in [0.15, 0.2) is 0 Å². The Bertz CT molecular complexity index is 478. The van der Waals surface area contributed by atoms with Gasteiger partial charge in [0.1, 0.15) is 11.4 Å². The van der Waals surface area contributed by atoms with E-state index in [0.29, 0.717) is 23.2 Å². The highest BCUT2D eigenvalue weighted by atomic mass is 16.5. The van der Waals surface area contributed by atoms with Gasteiger partial charge in [0, 0.05) is 12.6 Å². The van der Waals surface area contributed by atoms with Crippen LogP contribution in [0.4, 0.5) is 11.6 Å². The van der Waals surface area contributed by atoms with Gasteiger partial charge >= 0.3 is 5.97 Å². The topological polar surface area (TPSA) is 82.2 Å². The smallest absolute Gasteiger partial charge is 0.345 e. The lowest BCUT2D eigenvalue weighted by Crippen LogP contribution is -2.23. The lowest BCUT2D eigenvalue weighted by molar-refractivity contribution is 0.0603. The summed E-state index contributed by atoms with van der Waals surface area (Å²) in [5.41, 5.74) is 6.46. The fraction of sp³-hybridized carbons (Fsp3) is 0.733. The van der Waals surface area contributed by atoms with Gasteiger partial charge in [-0.2, -0.15) is 5.10 Å². The van der Waals surface area contributed by atoms with E-state index in [1.54, 1.807) is 4.68 Å². The second kappa shape index (κ2) is 7.33. The van der Waals surface area contributed by atoms with Gasteiger partial charge in [0.05, 0.1) is 7.11 Å². The molecule has 0 bridgehead atoms. The second-order valence-electron chi connectivity index (χ2n) is 5.66. The minimum atomic E-state index is -0.423. The van der Waals surface area contributed by atoms with E-state index in [9.17, 15) is 4.79 Å². The van der Waals surface area contributed by atoms with Gasteiger partial charge in [-0.05, 0) is 19.3 Å². The Morgan fingerprint density at radius 2 is 2.14 bits per heavy atom. The van der Waals surface area contributed by atoms with Crippen LogP contribution in [0.5, 0.6) is 0 Å². The fourth-order valence-electron chi connectivity index (χ4n) is 2.80. The van der Waals surface area contributed by atoms with E-state index in [-0.39, 0.29) is 0 Å². The fourth-order valence-corrected chi connectivity index (χ4v) is 2.80. The summed E-state index contributed by atoms with van der Waals surface area (Å²) >= 11 is 0. The van der Waals surface area contributed by atoms with Crippen LogP contribution in [-0.4, -0.2) is 28.9 Å². The van der Waals surface area contributed by atoms with Crippen molar-refractivity contribution >= 4 is 17.6 Å². The van der Waals surface area contributed by atoms with Crippen LogP contribution < -0.4 is 11.1 Å². The average molecular weight is 294 g/mol. The molecule has 0 spiro atoms. The Labute approximate surface area is 126 Å². The molecule has 1 heterocycles. The summed E-state index contributed by atoms with van der Waals surface area (Å²) < 4.78 is 6.56. The highest BCUT2D eigenvalue weighted by molar-refractivity contribution is 5.99. The summed E-state index contributed by atoms with van der Waals surface area (Å²) in [6.07, 6.45) is 7.99. The molecule has 1 aliphatic carbocycles. The van der Waals surface area contributed by atoms with Crippen LogP contribution in [0.2, 0.25) is 0 Å². The normalized spacial score (nSPS) is 15.9. The van der Waals surface area contributed by atoms with Crippen molar-refractivity contribution in [3.8, 4) is 0 Å². The molecule has 0 aliphatic heterocycles. The molecule has 1 fully saturated rings. The van der Waals surface area contributed by atoms with Gasteiger partial charge in [0.25, 0.3) is 0 Å². The van der Waals surface area contributed by atoms with E-state index in [1.165, 1.54) is 26.4 Å². The monoisotopic (exact) mass is 294 g/mol. The molecule has 0 radical (unpaired) electrons. The van der Waals surface area contributed by atoms with E-state index in [1.807, 2.05) is 0 Å². The molecule has 21 heavy (non-hydrogen) atoms. The molecule has 118 valence electrons. The molecule has 1 saturated carbocycles. The minimum Gasteiger partial charge on any atom is -0.465 e. The van der Waals surface area contributed by atoms with E-state index < -0.39 is 5.97 Å². The predicted molar refractivity (Wildman–Crippen MR) is 83.4 cm³/mol. The molecule has 1 aromatic heterocycles. The van der Waals surface area contributed by atoms with Gasteiger partial charge < -0.3 is 15.8 Å². The van der Waals surface area contributed by atoms with Crippen LogP contribution in [0.1, 0.15) is 62.2 Å². The van der Waals surface area contributed by atoms with Gasteiger partial charge in [0.15, 0.2) is 5.82 Å². The van der Waals surface area contributed by atoms with Gasteiger partial charge in [-0.1, -0.05) is 32.6 Å².